The maximum absolute atomic E-state index is 12.8. The van der Waals surface area contributed by atoms with Gasteiger partial charge in [-0.05, 0) is 38.5 Å². The quantitative estimate of drug-likeness (QED) is 0.0307. The second-order valence-electron chi connectivity index (χ2n) is 14.4. The number of amides is 1. The van der Waals surface area contributed by atoms with Gasteiger partial charge in [0.15, 0.2) is 6.29 Å². The van der Waals surface area contributed by atoms with Gasteiger partial charge in [-0.1, -0.05) is 148 Å². The fourth-order valence-electron chi connectivity index (χ4n) is 6.51. The molecule has 1 fully saturated rings. The fourth-order valence-corrected chi connectivity index (χ4v) is 6.51. The number of hydrogen-bond donors (Lipinski definition) is 6. The van der Waals surface area contributed by atoms with Gasteiger partial charge in [-0.2, -0.15) is 0 Å². The van der Waals surface area contributed by atoms with E-state index in [1.807, 2.05) is 0 Å². The zero-order valence-corrected chi connectivity index (χ0v) is 31.5. The summed E-state index contributed by atoms with van der Waals surface area (Å²) in [7, 11) is 0. The van der Waals surface area contributed by atoms with Gasteiger partial charge in [-0.3, -0.25) is 4.79 Å². The summed E-state index contributed by atoms with van der Waals surface area (Å²) in [4.78, 5) is 12.8. The number of hydrogen-bond acceptors (Lipinski definition) is 8. The van der Waals surface area contributed by atoms with Crippen LogP contribution in [0.25, 0.3) is 0 Å². The molecule has 0 bridgehead atoms. The summed E-state index contributed by atoms with van der Waals surface area (Å²) >= 11 is 0. The predicted octanol–water partition coefficient (Wildman–Crippen LogP) is 7.39. The molecule has 1 heterocycles. The molecule has 1 rings (SSSR count). The standard InChI is InChI=1S/C40H77NO8/c1-3-5-7-9-10-11-12-13-14-15-16-17-18-19-20-21-22-23-24-26-28-30-36(44)41-33(34(43)29-27-25-8-6-4-2)32-48-40-39(47)38(46)37(45)35(31-42)49-40/h15-16,33-35,37-40,42-43,45-47H,3-14,17-32H2,1-2H3,(H,41,44)/b16-15-. The van der Waals surface area contributed by atoms with Crippen molar-refractivity contribution in [1.82, 2.24) is 5.32 Å². The smallest absolute Gasteiger partial charge is 0.220 e. The number of carbonyl (C=O) groups excluding carboxylic acids is 1. The SMILES string of the molecule is CCCCCCCCCC/C=C\CCCCCCCCCCCC(=O)NC(COC1OC(CO)C(O)C(O)C1O)C(O)CCCCCCC. The van der Waals surface area contributed by atoms with Crippen LogP contribution in [0, 0.1) is 0 Å². The molecule has 0 aliphatic carbocycles. The van der Waals surface area contributed by atoms with Crippen molar-refractivity contribution in [3.05, 3.63) is 12.2 Å². The molecule has 7 unspecified atom stereocenters. The summed E-state index contributed by atoms with van der Waals surface area (Å²) < 4.78 is 11.1. The summed E-state index contributed by atoms with van der Waals surface area (Å²) in [6, 6.07) is -0.712. The fraction of sp³-hybridized carbons (Fsp3) is 0.925. The summed E-state index contributed by atoms with van der Waals surface area (Å²) in [6.07, 6.45) is 27.0. The van der Waals surface area contributed by atoms with E-state index < -0.39 is 49.5 Å². The van der Waals surface area contributed by atoms with Crippen LogP contribution in [0.2, 0.25) is 0 Å². The molecule has 1 aliphatic heterocycles. The Kier molecular flexibility index (Phi) is 29.7. The number of aliphatic hydroxyl groups excluding tert-OH is 5. The van der Waals surface area contributed by atoms with Crippen molar-refractivity contribution in [1.29, 1.82) is 0 Å². The molecule has 290 valence electrons. The molecular formula is C40H77NO8. The highest BCUT2D eigenvalue weighted by atomic mass is 16.7. The van der Waals surface area contributed by atoms with Gasteiger partial charge in [0.25, 0.3) is 0 Å². The lowest BCUT2D eigenvalue weighted by Crippen LogP contribution is -2.60. The zero-order chi connectivity index (χ0) is 36.0. The Labute approximate surface area is 299 Å². The normalized spacial score (nSPS) is 22.5. The second kappa shape index (κ2) is 31.6. The van der Waals surface area contributed by atoms with Crippen LogP contribution in [-0.2, 0) is 14.3 Å². The highest BCUT2D eigenvalue weighted by molar-refractivity contribution is 5.76. The largest absolute Gasteiger partial charge is 0.394 e. The predicted molar refractivity (Wildman–Crippen MR) is 198 cm³/mol. The van der Waals surface area contributed by atoms with E-state index in [0.717, 1.165) is 51.4 Å². The van der Waals surface area contributed by atoms with Gasteiger partial charge in [0, 0.05) is 6.42 Å². The molecule has 9 nitrogen and oxygen atoms in total. The van der Waals surface area contributed by atoms with E-state index in [4.69, 9.17) is 9.47 Å². The highest BCUT2D eigenvalue weighted by Gasteiger charge is 2.44. The van der Waals surface area contributed by atoms with Gasteiger partial charge >= 0.3 is 0 Å². The van der Waals surface area contributed by atoms with Gasteiger partial charge in [0.2, 0.25) is 5.91 Å². The molecule has 0 radical (unpaired) electrons. The topological polar surface area (TPSA) is 149 Å². The maximum atomic E-state index is 12.8. The Balaban J connectivity index is 2.20. The van der Waals surface area contributed by atoms with Crippen LogP contribution in [-0.4, -0.2) is 87.5 Å². The molecule has 0 spiro atoms. The first-order chi connectivity index (χ1) is 23.8. The molecule has 9 heteroatoms. The maximum Gasteiger partial charge on any atom is 0.220 e. The van der Waals surface area contributed by atoms with Crippen molar-refractivity contribution in [3.63, 3.8) is 0 Å². The minimum Gasteiger partial charge on any atom is -0.394 e. The molecule has 49 heavy (non-hydrogen) atoms. The van der Waals surface area contributed by atoms with Crippen molar-refractivity contribution in [2.45, 2.75) is 224 Å². The van der Waals surface area contributed by atoms with Crippen LogP contribution < -0.4 is 5.32 Å². The van der Waals surface area contributed by atoms with Crippen LogP contribution in [0.4, 0.5) is 0 Å². The van der Waals surface area contributed by atoms with Crippen molar-refractivity contribution >= 4 is 5.91 Å². The first-order valence-electron chi connectivity index (χ1n) is 20.4. The van der Waals surface area contributed by atoms with E-state index in [9.17, 15) is 30.3 Å². The molecule has 6 N–H and O–H groups in total. The van der Waals surface area contributed by atoms with Crippen molar-refractivity contribution < 1.29 is 39.8 Å². The Morgan fingerprint density at radius 3 is 1.65 bits per heavy atom. The van der Waals surface area contributed by atoms with Crippen LogP contribution in [0.15, 0.2) is 12.2 Å². The number of carbonyl (C=O) groups is 1. The first kappa shape index (κ1) is 46.0. The van der Waals surface area contributed by atoms with Crippen molar-refractivity contribution in [2.75, 3.05) is 13.2 Å². The van der Waals surface area contributed by atoms with Gasteiger partial charge in [-0.25, -0.2) is 0 Å². The third kappa shape index (κ3) is 23.2. The third-order valence-corrected chi connectivity index (χ3v) is 9.87. The van der Waals surface area contributed by atoms with E-state index in [0.29, 0.717) is 12.8 Å². The lowest BCUT2D eigenvalue weighted by Gasteiger charge is -2.40. The minimum absolute atomic E-state index is 0.139. The van der Waals surface area contributed by atoms with Crippen LogP contribution >= 0.6 is 0 Å². The van der Waals surface area contributed by atoms with Gasteiger partial charge < -0.3 is 40.3 Å². The molecule has 1 amide bonds. The number of rotatable bonds is 33. The Hall–Kier alpha value is -1.07. The molecule has 1 aliphatic rings. The van der Waals surface area contributed by atoms with Gasteiger partial charge in [0.1, 0.15) is 24.4 Å². The molecular weight excluding hydrogens is 622 g/mol. The van der Waals surface area contributed by atoms with Crippen molar-refractivity contribution in [2.24, 2.45) is 0 Å². The van der Waals surface area contributed by atoms with Crippen LogP contribution in [0.1, 0.15) is 181 Å². The summed E-state index contributed by atoms with van der Waals surface area (Å²) in [5, 5.41) is 53.7. The highest BCUT2D eigenvalue weighted by Crippen LogP contribution is 2.23. The zero-order valence-electron chi connectivity index (χ0n) is 31.5. The van der Waals surface area contributed by atoms with E-state index in [1.165, 1.54) is 103 Å². The van der Waals surface area contributed by atoms with E-state index in [1.54, 1.807) is 0 Å². The van der Waals surface area contributed by atoms with E-state index in [-0.39, 0.29) is 12.5 Å². The number of nitrogens with one attached hydrogen (secondary N) is 1. The van der Waals surface area contributed by atoms with Crippen LogP contribution in [0.3, 0.4) is 0 Å². The third-order valence-electron chi connectivity index (χ3n) is 9.87. The average Bonchev–Trinajstić information content (AvgIpc) is 3.10. The first-order valence-corrected chi connectivity index (χ1v) is 20.4. The summed E-state index contributed by atoms with van der Waals surface area (Å²) in [6.45, 7) is 3.73. The second-order valence-corrected chi connectivity index (χ2v) is 14.4. The van der Waals surface area contributed by atoms with Crippen LogP contribution in [0.5, 0.6) is 0 Å². The average molecular weight is 700 g/mol. The monoisotopic (exact) mass is 700 g/mol. The number of unbranched alkanes of at least 4 members (excludes halogenated alkanes) is 21. The molecule has 7 atom stereocenters. The summed E-state index contributed by atoms with van der Waals surface area (Å²) in [5.74, 6) is -0.153. The molecule has 0 aromatic heterocycles. The number of aliphatic hydroxyl groups is 5. The molecule has 1 saturated heterocycles. The summed E-state index contributed by atoms with van der Waals surface area (Å²) in [5.41, 5.74) is 0. The molecule has 0 aromatic carbocycles. The molecule has 0 aromatic rings. The Morgan fingerprint density at radius 2 is 1.14 bits per heavy atom. The van der Waals surface area contributed by atoms with Crippen molar-refractivity contribution in [3.8, 4) is 0 Å². The van der Waals surface area contributed by atoms with Gasteiger partial charge in [-0.15, -0.1) is 0 Å². The molecule has 0 saturated carbocycles. The lowest BCUT2D eigenvalue weighted by atomic mass is 9.99. The lowest BCUT2D eigenvalue weighted by molar-refractivity contribution is -0.302. The number of ether oxygens (including phenoxy) is 2. The van der Waals surface area contributed by atoms with Gasteiger partial charge in [0.05, 0.1) is 25.4 Å². The Bertz CT molecular complexity index is 781. The number of allylic oxidation sites excluding steroid dienone is 2. The van der Waals surface area contributed by atoms with E-state index >= 15 is 0 Å². The van der Waals surface area contributed by atoms with E-state index in [2.05, 4.69) is 31.3 Å². The minimum atomic E-state index is -1.55. The Morgan fingerprint density at radius 1 is 0.673 bits per heavy atom.